The summed E-state index contributed by atoms with van der Waals surface area (Å²) in [5, 5.41) is 21.3. The largest absolute Gasteiger partial charge is 0.421 e. The van der Waals surface area contributed by atoms with Crippen molar-refractivity contribution in [1.82, 2.24) is 0 Å². The lowest BCUT2D eigenvalue weighted by atomic mass is 9.90. The van der Waals surface area contributed by atoms with Gasteiger partial charge >= 0.3 is 6.18 Å². The second-order valence-electron chi connectivity index (χ2n) is 5.37. The Bertz CT molecular complexity index is 612. The van der Waals surface area contributed by atoms with Gasteiger partial charge < -0.3 is 5.11 Å². The minimum absolute atomic E-state index is 0.0134. The molecule has 0 saturated heterocycles. The van der Waals surface area contributed by atoms with Crippen molar-refractivity contribution in [1.29, 1.82) is 0 Å². The Labute approximate surface area is 112 Å². The van der Waals surface area contributed by atoms with Crippen LogP contribution in [0.4, 0.5) is 18.9 Å². The fourth-order valence-electron chi connectivity index (χ4n) is 3.37. The number of fused-ring (bicyclic) bond motifs is 2. The van der Waals surface area contributed by atoms with E-state index in [1.54, 1.807) is 6.07 Å². The maximum Gasteiger partial charge on any atom is 0.421 e. The fraction of sp³-hybridized carbons (Fsp3) is 0.538. The molecule has 0 bridgehead atoms. The number of nitro groups is 1. The van der Waals surface area contributed by atoms with Crippen LogP contribution in [-0.4, -0.2) is 16.2 Å². The third-order valence-electron chi connectivity index (χ3n) is 4.27. The number of hydrogen-bond donors (Lipinski definition) is 1. The Balaban J connectivity index is 2.32. The SMILES string of the molecule is O=[N+]([O-])c1c2c(cc3c1C(O)(C(F)(F)F)CC3)CCC2. The number of aliphatic hydroxyl groups is 1. The van der Waals surface area contributed by atoms with Crippen LogP contribution in [0.1, 0.15) is 35.1 Å². The van der Waals surface area contributed by atoms with Crippen LogP contribution in [-0.2, 0) is 24.9 Å². The summed E-state index contributed by atoms with van der Waals surface area (Å²) >= 11 is 0. The first-order chi connectivity index (χ1) is 9.25. The molecule has 7 heteroatoms. The van der Waals surface area contributed by atoms with Crippen LogP contribution in [0.5, 0.6) is 0 Å². The number of nitro benzene ring substituents is 1. The molecule has 0 saturated carbocycles. The highest BCUT2D eigenvalue weighted by Gasteiger charge is 2.61. The topological polar surface area (TPSA) is 63.4 Å². The van der Waals surface area contributed by atoms with E-state index < -0.39 is 34.4 Å². The van der Waals surface area contributed by atoms with Gasteiger partial charge in [0.05, 0.1) is 10.5 Å². The zero-order valence-electron chi connectivity index (χ0n) is 10.5. The highest BCUT2D eigenvalue weighted by Crippen LogP contribution is 2.53. The Kier molecular flexibility index (Phi) is 2.63. The number of halogens is 3. The second kappa shape index (κ2) is 3.94. The summed E-state index contributed by atoms with van der Waals surface area (Å²) in [6, 6.07) is 1.61. The maximum atomic E-state index is 13.1. The van der Waals surface area contributed by atoms with Gasteiger partial charge in [-0.15, -0.1) is 0 Å². The standard InChI is InChI=1S/C13H12F3NO3/c14-13(15,16)12(18)5-4-8-6-7-2-1-3-9(7)11(10(8)12)17(19)20/h6,18H,1-5H2. The van der Waals surface area contributed by atoms with Gasteiger partial charge in [0.25, 0.3) is 5.69 Å². The second-order valence-corrected chi connectivity index (χ2v) is 5.37. The molecule has 3 rings (SSSR count). The molecule has 0 fully saturated rings. The molecule has 1 N–H and O–H groups in total. The lowest BCUT2D eigenvalue weighted by molar-refractivity contribution is -0.389. The van der Waals surface area contributed by atoms with E-state index >= 15 is 0 Å². The van der Waals surface area contributed by atoms with E-state index in [1.807, 2.05) is 0 Å². The highest BCUT2D eigenvalue weighted by atomic mass is 19.4. The number of alkyl halides is 3. The monoisotopic (exact) mass is 287 g/mol. The van der Waals surface area contributed by atoms with Gasteiger partial charge in [-0.25, -0.2) is 0 Å². The fourth-order valence-corrected chi connectivity index (χ4v) is 3.37. The normalized spacial score (nSPS) is 24.6. The Hall–Kier alpha value is -1.63. The zero-order chi connectivity index (χ0) is 14.7. The molecule has 1 unspecified atom stereocenters. The van der Waals surface area contributed by atoms with Gasteiger partial charge in [-0.3, -0.25) is 10.1 Å². The Morgan fingerprint density at radius 1 is 1.25 bits per heavy atom. The molecule has 0 aliphatic heterocycles. The smallest absolute Gasteiger partial charge is 0.376 e. The molecule has 0 aromatic heterocycles. The molecule has 0 amide bonds. The van der Waals surface area contributed by atoms with E-state index in [-0.39, 0.29) is 12.0 Å². The molecule has 0 spiro atoms. The number of rotatable bonds is 1. The summed E-state index contributed by atoms with van der Waals surface area (Å²) in [4.78, 5) is 10.5. The molecule has 2 aliphatic carbocycles. The molecule has 20 heavy (non-hydrogen) atoms. The van der Waals surface area contributed by atoms with Crippen LogP contribution in [0.2, 0.25) is 0 Å². The van der Waals surface area contributed by atoms with Crippen LogP contribution in [0.3, 0.4) is 0 Å². The molecule has 1 aromatic carbocycles. The van der Waals surface area contributed by atoms with Crippen molar-refractivity contribution in [3.63, 3.8) is 0 Å². The van der Waals surface area contributed by atoms with Crippen LogP contribution in [0, 0.1) is 10.1 Å². The first kappa shape index (κ1) is 13.4. The van der Waals surface area contributed by atoms with Crippen molar-refractivity contribution < 1.29 is 23.2 Å². The Morgan fingerprint density at radius 2 is 1.95 bits per heavy atom. The molecule has 2 aliphatic rings. The van der Waals surface area contributed by atoms with Gasteiger partial charge in [-0.1, -0.05) is 6.07 Å². The third-order valence-corrected chi connectivity index (χ3v) is 4.27. The number of nitrogens with zero attached hydrogens (tertiary/aromatic N) is 1. The summed E-state index contributed by atoms with van der Waals surface area (Å²) in [6.45, 7) is 0. The lowest BCUT2D eigenvalue weighted by Gasteiger charge is -2.27. The predicted molar refractivity (Wildman–Crippen MR) is 63.4 cm³/mol. The van der Waals surface area contributed by atoms with Gasteiger partial charge in [0.2, 0.25) is 0 Å². The van der Waals surface area contributed by atoms with Crippen LogP contribution >= 0.6 is 0 Å². The van der Waals surface area contributed by atoms with Crippen molar-refractivity contribution in [2.45, 2.75) is 43.9 Å². The van der Waals surface area contributed by atoms with E-state index in [0.29, 0.717) is 24.8 Å². The molecule has 1 aromatic rings. The van der Waals surface area contributed by atoms with Gasteiger partial charge in [0, 0.05) is 5.56 Å². The number of benzene rings is 1. The average molecular weight is 287 g/mol. The van der Waals surface area contributed by atoms with Crippen molar-refractivity contribution in [2.24, 2.45) is 0 Å². The molecule has 4 nitrogen and oxygen atoms in total. The maximum absolute atomic E-state index is 13.1. The van der Waals surface area contributed by atoms with Crippen LogP contribution < -0.4 is 0 Å². The summed E-state index contributed by atoms with van der Waals surface area (Å²) < 4.78 is 39.4. The Morgan fingerprint density at radius 3 is 2.55 bits per heavy atom. The quantitative estimate of drug-likeness (QED) is 0.638. The number of aryl methyl sites for hydroxylation is 2. The predicted octanol–water partition coefficient (Wildman–Crippen LogP) is 2.78. The highest BCUT2D eigenvalue weighted by molar-refractivity contribution is 5.61. The minimum Gasteiger partial charge on any atom is -0.376 e. The third kappa shape index (κ3) is 1.59. The first-order valence-corrected chi connectivity index (χ1v) is 6.37. The van der Waals surface area contributed by atoms with E-state index in [2.05, 4.69) is 0 Å². The van der Waals surface area contributed by atoms with E-state index in [0.717, 1.165) is 5.56 Å². The minimum atomic E-state index is -4.91. The average Bonchev–Trinajstić information content (AvgIpc) is 2.91. The van der Waals surface area contributed by atoms with Crippen molar-refractivity contribution >= 4 is 5.69 Å². The first-order valence-electron chi connectivity index (χ1n) is 6.37. The van der Waals surface area contributed by atoms with Crippen molar-refractivity contribution in [3.8, 4) is 0 Å². The molecule has 108 valence electrons. The lowest BCUT2D eigenvalue weighted by Crippen LogP contribution is -2.40. The van der Waals surface area contributed by atoms with Gasteiger partial charge in [0.1, 0.15) is 0 Å². The van der Waals surface area contributed by atoms with Crippen molar-refractivity contribution in [2.75, 3.05) is 0 Å². The summed E-state index contributed by atoms with van der Waals surface area (Å²) in [5.41, 5.74) is -2.78. The molecule has 1 atom stereocenters. The van der Waals surface area contributed by atoms with Gasteiger partial charge in [0.15, 0.2) is 5.60 Å². The van der Waals surface area contributed by atoms with E-state index in [1.165, 1.54) is 0 Å². The summed E-state index contributed by atoms with van der Waals surface area (Å²) in [7, 11) is 0. The molecular weight excluding hydrogens is 275 g/mol. The molecule has 0 heterocycles. The van der Waals surface area contributed by atoms with E-state index in [9.17, 15) is 28.4 Å². The summed E-state index contributed by atoms with van der Waals surface area (Å²) in [6.07, 6.45) is -3.70. The van der Waals surface area contributed by atoms with E-state index in [4.69, 9.17) is 0 Å². The molecular formula is C13H12F3NO3. The number of hydrogen-bond acceptors (Lipinski definition) is 3. The van der Waals surface area contributed by atoms with Gasteiger partial charge in [-0.05, 0) is 43.2 Å². The molecule has 0 radical (unpaired) electrons. The zero-order valence-corrected chi connectivity index (χ0v) is 10.5. The van der Waals surface area contributed by atoms with Crippen LogP contribution in [0.25, 0.3) is 0 Å². The summed E-state index contributed by atoms with van der Waals surface area (Å²) in [5.74, 6) is 0. The van der Waals surface area contributed by atoms with Gasteiger partial charge in [-0.2, -0.15) is 13.2 Å². The van der Waals surface area contributed by atoms with Crippen LogP contribution in [0.15, 0.2) is 6.07 Å². The van der Waals surface area contributed by atoms with Crippen molar-refractivity contribution in [3.05, 3.63) is 38.4 Å².